The minimum Gasteiger partial charge on any atom is -0.123 e. The van der Waals surface area contributed by atoms with Gasteiger partial charge in [0.1, 0.15) is 0 Å². The van der Waals surface area contributed by atoms with Gasteiger partial charge in [0.05, 0.1) is 0 Å². The van der Waals surface area contributed by atoms with Gasteiger partial charge in [-0.1, -0.05) is 36.2 Å². The molecule has 2 rings (SSSR count). The molecule has 1 heteroatoms. The summed E-state index contributed by atoms with van der Waals surface area (Å²) in [6.45, 7) is 6.72. The molecule has 17 heavy (non-hydrogen) atoms. The zero-order valence-corrected chi connectivity index (χ0v) is 11.9. The van der Waals surface area contributed by atoms with Crippen molar-refractivity contribution in [2.75, 3.05) is 0 Å². The third-order valence-electron chi connectivity index (χ3n) is 3.93. The van der Waals surface area contributed by atoms with Gasteiger partial charge in [0.25, 0.3) is 0 Å². The molecular formula is C16H23Cl. The molecule has 1 aromatic carbocycles. The van der Waals surface area contributed by atoms with Gasteiger partial charge in [-0.15, -0.1) is 11.6 Å². The van der Waals surface area contributed by atoms with E-state index in [9.17, 15) is 0 Å². The molecule has 0 radical (unpaired) electrons. The highest BCUT2D eigenvalue weighted by molar-refractivity contribution is 6.20. The first-order valence-electron chi connectivity index (χ1n) is 6.76. The summed E-state index contributed by atoms with van der Waals surface area (Å²) < 4.78 is 0. The second-order valence-corrected chi connectivity index (χ2v) is 6.45. The molecule has 0 heterocycles. The minimum atomic E-state index is 0.381. The van der Waals surface area contributed by atoms with E-state index >= 15 is 0 Å². The highest BCUT2D eigenvalue weighted by Crippen LogP contribution is 2.34. The Hall–Kier alpha value is -0.490. The van der Waals surface area contributed by atoms with Crippen molar-refractivity contribution in [3.63, 3.8) is 0 Å². The van der Waals surface area contributed by atoms with Crippen molar-refractivity contribution in [3.05, 3.63) is 34.9 Å². The topological polar surface area (TPSA) is 0 Å². The van der Waals surface area contributed by atoms with E-state index in [2.05, 4.69) is 39.0 Å². The lowest BCUT2D eigenvalue weighted by Gasteiger charge is -2.31. The number of rotatable bonds is 2. The Morgan fingerprint density at radius 1 is 1.12 bits per heavy atom. The number of hydrogen-bond donors (Lipinski definition) is 0. The monoisotopic (exact) mass is 250 g/mol. The summed E-state index contributed by atoms with van der Waals surface area (Å²) in [5.74, 6) is 1.52. The molecular weight excluding hydrogens is 228 g/mol. The maximum absolute atomic E-state index is 6.48. The molecule has 0 aliphatic heterocycles. The van der Waals surface area contributed by atoms with E-state index in [1.54, 1.807) is 0 Å². The van der Waals surface area contributed by atoms with Crippen molar-refractivity contribution < 1.29 is 0 Å². The first-order chi connectivity index (χ1) is 8.04. The smallest absolute Gasteiger partial charge is 0.0367 e. The SMILES string of the molecule is Cc1cc(C)cc(CC2CC(C)CCC2Cl)c1. The zero-order valence-electron chi connectivity index (χ0n) is 11.2. The van der Waals surface area contributed by atoms with Crippen LogP contribution in [-0.2, 0) is 6.42 Å². The number of hydrogen-bond acceptors (Lipinski definition) is 0. The number of halogens is 1. The van der Waals surface area contributed by atoms with Crippen LogP contribution >= 0.6 is 11.6 Å². The molecule has 3 unspecified atom stereocenters. The van der Waals surface area contributed by atoms with E-state index in [-0.39, 0.29) is 0 Å². The van der Waals surface area contributed by atoms with Crippen LogP contribution in [-0.4, -0.2) is 5.38 Å². The summed E-state index contributed by atoms with van der Waals surface area (Å²) in [5.41, 5.74) is 4.21. The Morgan fingerprint density at radius 3 is 2.41 bits per heavy atom. The van der Waals surface area contributed by atoms with Crippen LogP contribution in [0.3, 0.4) is 0 Å². The van der Waals surface area contributed by atoms with E-state index in [4.69, 9.17) is 11.6 Å². The predicted molar refractivity (Wildman–Crippen MR) is 75.8 cm³/mol. The van der Waals surface area contributed by atoms with Crippen molar-refractivity contribution in [2.45, 2.75) is 51.8 Å². The molecule has 94 valence electrons. The highest BCUT2D eigenvalue weighted by Gasteiger charge is 2.27. The standard InChI is InChI=1S/C16H23Cl/c1-11-4-5-16(17)15(9-11)10-14-7-12(2)6-13(3)8-14/h6-8,11,15-16H,4-5,9-10H2,1-3H3. The quantitative estimate of drug-likeness (QED) is 0.656. The van der Waals surface area contributed by atoms with Crippen LogP contribution in [0.4, 0.5) is 0 Å². The lowest BCUT2D eigenvalue weighted by Crippen LogP contribution is -2.26. The number of alkyl halides is 1. The van der Waals surface area contributed by atoms with E-state index in [0.717, 1.165) is 12.3 Å². The average molecular weight is 251 g/mol. The Balaban J connectivity index is 2.08. The second-order valence-electron chi connectivity index (χ2n) is 5.89. The summed E-state index contributed by atoms with van der Waals surface area (Å²) in [4.78, 5) is 0. The van der Waals surface area contributed by atoms with Crippen molar-refractivity contribution in [1.29, 1.82) is 0 Å². The van der Waals surface area contributed by atoms with Gasteiger partial charge in [-0.05, 0) is 56.9 Å². The molecule has 0 spiro atoms. The maximum Gasteiger partial charge on any atom is 0.0367 e. The van der Waals surface area contributed by atoms with Gasteiger partial charge in [-0.25, -0.2) is 0 Å². The minimum absolute atomic E-state index is 0.381. The third-order valence-corrected chi connectivity index (χ3v) is 4.51. The zero-order chi connectivity index (χ0) is 12.4. The van der Waals surface area contributed by atoms with Crippen molar-refractivity contribution in [1.82, 2.24) is 0 Å². The van der Waals surface area contributed by atoms with Crippen LogP contribution in [0, 0.1) is 25.7 Å². The molecule has 0 aromatic heterocycles. The van der Waals surface area contributed by atoms with Gasteiger partial charge >= 0.3 is 0 Å². The number of benzene rings is 1. The summed E-state index contributed by atoms with van der Waals surface area (Å²) in [6, 6.07) is 6.87. The largest absolute Gasteiger partial charge is 0.123 e. The Kier molecular flexibility index (Phi) is 4.14. The highest BCUT2D eigenvalue weighted by atomic mass is 35.5. The van der Waals surface area contributed by atoms with Gasteiger partial charge in [0.2, 0.25) is 0 Å². The predicted octanol–water partition coefficient (Wildman–Crippen LogP) is 4.89. The van der Waals surface area contributed by atoms with E-state index < -0.39 is 0 Å². The fourth-order valence-electron chi connectivity index (χ4n) is 3.16. The molecule has 1 saturated carbocycles. The molecule has 0 saturated heterocycles. The van der Waals surface area contributed by atoms with Crippen molar-refractivity contribution in [3.8, 4) is 0 Å². The third kappa shape index (κ3) is 3.48. The van der Waals surface area contributed by atoms with Gasteiger partial charge in [-0.3, -0.25) is 0 Å². The molecule has 3 atom stereocenters. The van der Waals surface area contributed by atoms with Gasteiger partial charge < -0.3 is 0 Å². The Morgan fingerprint density at radius 2 is 1.76 bits per heavy atom. The Labute approximate surface area is 110 Å². The van der Waals surface area contributed by atoms with E-state index in [1.165, 1.54) is 36.0 Å². The van der Waals surface area contributed by atoms with Crippen LogP contribution in [0.2, 0.25) is 0 Å². The molecule has 0 nitrogen and oxygen atoms in total. The molecule has 1 aromatic rings. The first-order valence-corrected chi connectivity index (χ1v) is 7.19. The summed E-state index contributed by atoms with van der Waals surface area (Å²) in [5, 5.41) is 0.381. The molecule has 1 aliphatic carbocycles. The summed E-state index contributed by atoms with van der Waals surface area (Å²) >= 11 is 6.48. The maximum atomic E-state index is 6.48. The second kappa shape index (κ2) is 5.44. The molecule has 1 fully saturated rings. The van der Waals surface area contributed by atoms with E-state index in [0.29, 0.717) is 11.3 Å². The first kappa shape index (κ1) is 13.0. The van der Waals surface area contributed by atoms with Crippen molar-refractivity contribution >= 4 is 11.6 Å². The van der Waals surface area contributed by atoms with Gasteiger partial charge in [0, 0.05) is 5.38 Å². The van der Waals surface area contributed by atoms with Crippen LogP contribution in [0.1, 0.15) is 42.9 Å². The van der Waals surface area contributed by atoms with Crippen LogP contribution in [0.25, 0.3) is 0 Å². The fraction of sp³-hybridized carbons (Fsp3) is 0.625. The van der Waals surface area contributed by atoms with Crippen molar-refractivity contribution in [2.24, 2.45) is 11.8 Å². The molecule has 0 N–H and O–H groups in total. The fourth-order valence-corrected chi connectivity index (χ4v) is 3.48. The van der Waals surface area contributed by atoms with Gasteiger partial charge in [0.15, 0.2) is 0 Å². The lowest BCUT2D eigenvalue weighted by atomic mass is 9.79. The van der Waals surface area contributed by atoms with E-state index in [1.807, 2.05) is 0 Å². The number of aryl methyl sites for hydroxylation is 2. The Bertz CT molecular complexity index is 363. The summed E-state index contributed by atoms with van der Waals surface area (Å²) in [6.07, 6.45) is 4.94. The summed E-state index contributed by atoms with van der Waals surface area (Å²) in [7, 11) is 0. The average Bonchev–Trinajstić information content (AvgIpc) is 2.22. The van der Waals surface area contributed by atoms with Crippen LogP contribution < -0.4 is 0 Å². The normalized spacial score (nSPS) is 29.3. The van der Waals surface area contributed by atoms with Gasteiger partial charge in [-0.2, -0.15) is 0 Å². The van der Waals surface area contributed by atoms with Crippen LogP contribution in [0.15, 0.2) is 18.2 Å². The van der Waals surface area contributed by atoms with Crippen LogP contribution in [0.5, 0.6) is 0 Å². The molecule has 0 amide bonds. The molecule has 0 bridgehead atoms. The lowest BCUT2D eigenvalue weighted by molar-refractivity contribution is 0.287. The molecule has 1 aliphatic rings.